The minimum absolute atomic E-state index is 0.223. The molecular weight excluding hydrogens is 224 g/mol. The molecule has 0 aliphatic rings. The van der Waals surface area contributed by atoms with Crippen LogP contribution in [0.15, 0.2) is 36.4 Å². The summed E-state index contributed by atoms with van der Waals surface area (Å²) in [6.45, 7) is 6.03. The lowest BCUT2D eigenvalue weighted by Crippen LogP contribution is -2.22. The van der Waals surface area contributed by atoms with Gasteiger partial charge in [-0.05, 0) is 49.1 Å². The van der Waals surface area contributed by atoms with Gasteiger partial charge in [0.25, 0.3) is 0 Å². The van der Waals surface area contributed by atoms with Crippen LogP contribution in [-0.2, 0) is 0 Å². The first kappa shape index (κ1) is 12.4. The summed E-state index contributed by atoms with van der Waals surface area (Å²) >= 11 is 0. The quantitative estimate of drug-likeness (QED) is 0.808. The number of carboxylic acid groups (broad SMARTS) is 1. The normalized spacial score (nSPS) is 10.4. The van der Waals surface area contributed by atoms with Crippen LogP contribution in [0.1, 0.15) is 27.0 Å². The molecule has 0 saturated heterocycles. The van der Waals surface area contributed by atoms with Crippen LogP contribution < -0.4 is 5.11 Å². The van der Waals surface area contributed by atoms with Crippen molar-refractivity contribution in [1.29, 1.82) is 0 Å². The lowest BCUT2D eigenvalue weighted by molar-refractivity contribution is -0.255. The zero-order valence-corrected chi connectivity index (χ0v) is 10.8. The third-order valence-corrected chi connectivity index (χ3v) is 2.99. The molecule has 0 amide bonds. The summed E-state index contributed by atoms with van der Waals surface area (Å²) in [4.78, 5) is 10.8. The van der Waals surface area contributed by atoms with Crippen LogP contribution in [0.4, 0.5) is 0 Å². The Balaban J connectivity index is 2.54. The summed E-state index contributed by atoms with van der Waals surface area (Å²) in [6, 6.07) is 11.4. The van der Waals surface area contributed by atoms with E-state index in [0.29, 0.717) is 0 Å². The van der Waals surface area contributed by atoms with Crippen molar-refractivity contribution >= 4 is 5.97 Å². The standard InChI is InChI=1S/C16H16O2/c1-10-6-11(2)8-14(7-10)15-5-4-13(16(17)18)9-12(15)3/h4-9H,1-3H3,(H,17,18)/p-1. The van der Waals surface area contributed by atoms with E-state index in [0.717, 1.165) is 16.7 Å². The molecule has 0 unspecified atom stereocenters. The molecule has 0 heterocycles. The number of carbonyl (C=O) groups excluding carboxylic acids is 1. The number of hydrogen-bond acceptors (Lipinski definition) is 2. The smallest absolute Gasteiger partial charge is 0.0715 e. The van der Waals surface area contributed by atoms with Crippen molar-refractivity contribution in [2.45, 2.75) is 20.8 Å². The average molecular weight is 239 g/mol. The molecule has 0 saturated carbocycles. The Hall–Kier alpha value is -2.09. The van der Waals surface area contributed by atoms with E-state index in [1.54, 1.807) is 12.1 Å². The molecule has 0 N–H and O–H groups in total. The van der Waals surface area contributed by atoms with Crippen LogP contribution in [-0.4, -0.2) is 5.97 Å². The van der Waals surface area contributed by atoms with Gasteiger partial charge in [-0.25, -0.2) is 0 Å². The number of aromatic carboxylic acids is 1. The number of carboxylic acids is 1. The second-order valence-corrected chi connectivity index (χ2v) is 4.69. The van der Waals surface area contributed by atoms with Gasteiger partial charge in [0, 0.05) is 0 Å². The highest BCUT2D eigenvalue weighted by molar-refractivity contribution is 5.87. The van der Waals surface area contributed by atoms with Crippen LogP contribution in [0, 0.1) is 20.8 Å². The third kappa shape index (κ3) is 2.43. The molecule has 0 aliphatic heterocycles. The van der Waals surface area contributed by atoms with Gasteiger partial charge in [0.15, 0.2) is 0 Å². The van der Waals surface area contributed by atoms with Crippen LogP contribution in [0.3, 0.4) is 0 Å². The molecule has 2 aromatic carbocycles. The summed E-state index contributed by atoms with van der Waals surface area (Å²) in [5.41, 5.74) is 5.76. The Morgan fingerprint density at radius 1 is 0.944 bits per heavy atom. The number of aryl methyl sites for hydroxylation is 3. The van der Waals surface area contributed by atoms with Crippen LogP contribution in [0.5, 0.6) is 0 Å². The van der Waals surface area contributed by atoms with E-state index in [-0.39, 0.29) is 5.56 Å². The minimum atomic E-state index is -1.13. The van der Waals surface area contributed by atoms with Gasteiger partial charge in [-0.1, -0.05) is 41.5 Å². The molecule has 0 fully saturated rings. The highest BCUT2D eigenvalue weighted by Gasteiger charge is 2.04. The second-order valence-electron chi connectivity index (χ2n) is 4.69. The maximum absolute atomic E-state index is 10.8. The monoisotopic (exact) mass is 239 g/mol. The first-order chi connectivity index (χ1) is 8.47. The first-order valence-corrected chi connectivity index (χ1v) is 5.88. The van der Waals surface area contributed by atoms with E-state index in [4.69, 9.17) is 0 Å². The van der Waals surface area contributed by atoms with Crippen LogP contribution in [0.2, 0.25) is 0 Å². The Labute approximate surface area is 107 Å². The summed E-state index contributed by atoms with van der Waals surface area (Å²) in [5, 5.41) is 10.8. The van der Waals surface area contributed by atoms with Gasteiger partial charge in [-0.3, -0.25) is 0 Å². The Kier molecular flexibility index (Phi) is 3.19. The van der Waals surface area contributed by atoms with E-state index >= 15 is 0 Å². The lowest BCUT2D eigenvalue weighted by atomic mass is 9.96. The molecule has 0 spiro atoms. The summed E-state index contributed by atoms with van der Waals surface area (Å²) in [6.07, 6.45) is 0. The lowest BCUT2D eigenvalue weighted by Gasteiger charge is -2.11. The van der Waals surface area contributed by atoms with Crippen LogP contribution >= 0.6 is 0 Å². The number of hydrogen-bond donors (Lipinski definition) is 0. The zero-order valence-electron chi connectivity index (χ0n) is 10.8. The second kappa shape index (κ2) is 4.65. The van der Waals surface area contributed by atoms with Crippen molar-refractivity contribution < 1.29 is 9.90 Å². The van der Waals surface area contributed by atoms with E-state index in [9.17, 15) is 9.90 Å². The molecule has 0 atom stereocenters. The van der Waals surface area contributed by atoms with Crippen LogP contribution in [0.25, 0.3) is 11.1 Å². The number of carbonyl (C=O) groups is 1. The van der Waals surface area contributed by atoms with Crippen molar-refractivity contribution in [2.24, 2.45) is 0 Å². The van der Waals surface area contributed by atoms with E-state index in [1.165, 1.54) is 11.1 Å². The zero-order chi connectivity index (χ0) is 13.3. The SMILES string of the molecule is Cc1cc(C)cc(-c2ccc(C(=O)[O-])cc2C)c1. The van der Waals surface area contributed by atoms with Gasteiger partial charge in [-0.15, -0.1) is 0 Å². The maximum atomic E-state index is 10.8. The molecule has 2 heteroatoms. The average Bonchev–Trinajstić information content (AvgIpc) is 2.27. The molecule has 0 aliphatic carbocycles. The number of rotatable bonds is 2. The van der Waals surface area contributed by atoms with Gasteiger partial charge >= 0.3 is 0 Å². The molecule has 0 radical (unpaired) electrons. The molecule has 0 aromatic heterocycles. The maximum Gasteiger partial charge on any atom is 0.0715 e. The Bertz CT molecular complexity index is 592. The van der Waals surface area contributed by atoms with Crippen molar-refractivity contribution in [2.75, 3.05) is 0 Å². The highest BCUT2D eigenvalue weighted by Crippen LogP contribution is 2.26. The van der Waals surface area contributed by atoms with Gasteiger partial charge in [0.1, 0.15) is 0 Å². The van der Waals surface area contributed by atoms with Gasteiger partial charge < -0.3 is 9.90 Å². The molecule has 92 valence electrons. The summed E-state index contributed by atoms with van der Waals surface area (Å²) in [7, 11) is 0. The topological polar surface area (TPSA) is 40.1 Å². The van der Waals surface area contributed by atoms with Gasteiger partial charge in [0.2, 0.25) is 0 Å². The largest absolute Gasteiger partial charge is 0.545 e. The van der Waals surface area contributed by atoms with Crippen molar-refractivity contribution in [1.82, 2.24) is 0 Å². The molecule has 2 rings (SSSR count). The van der Waals surface area contributed by atoms with E-state index in [1.807, 2.05) is 13.0 Å². The third-order valence-electron chi connectivity index (χ3n) is 2.99. The Morgan fingerprint density at radius 3 is 2.06 bits per heavy atom. The number of benzene rings is 2. The Morgan fingerprint density at radius 2 is 1.56 bits per heavy atom. The van der Waals surface area contributed by atoms with Crippen molar-refractivity contribution in [3.8, 4) is 11.1 Å². The predicted octanol–water partition coefficient (Wildman–Crippen LogP) is 2.64. The molecule has 18 heavy (non-hydrogen) atoms. The molecule has 2 aromatic rings. The first-order valence-electron chi connectivity index (χ1n) is 5.88. The predicted molar refractivity (Wildman–Crippen MR) is 70.4 cm³/mol. The van der Waals surface area contributed by atoms with Gasteiger partial charge in [-0.2, -0.15) is 0 Å². The summed E-state index contributed by atoms with van der Waals surface area (Å²) < 4.78 is 0. The molecule has 0 bridgehead atoms. The molecular formula is C16H15O2-. The van der Waals surface area contributed by atoms with E-state index < -0.39 is 5.97 Å². The minimum Gasteiger partial charge on any atom is -0.545 e. The fourth-order valence-corrected chi connectivity index (χ4v) is 2.24. The van der Waals surface area contributed by atoms with Gasteiger partial charge in [0.05, 0.1) is 5.97 Å². The fourth-order valence-electron chi connectivity index (χ4n) is 2.24. The molecule has 2 nitrogen and oxygen atoms in total. The summed E-state index contributed by atoms with van der Waals surface area (Å²) in [5.74, 6) is -1.13. The van der Waals surface area contributed by atoms with Crippen molar-refractivity contribution in [3.05, 3.63) is 58.7 Å². The fraction of sp³-hybridized carbons (Fsp3) is 0.188. The van der Waals surface area contributed by atoms with E-state index in [2.05, 4.69) is 32.0 Å². The highest BCUT2D eigenvalue weighted by atomic mass is 16.4. The van der Waals surface area contributed by atoms with Crippen molar-refractivity contribution in [3.63, 3.8) is 0 Å².